The standard InChI is InChI=1S/C14H17N3O2S/c1-4-8(2)15-12(18)9-5-6-10-11(7-9)16-14(20)17(3)13(10)19/h5-8H,4H2,1-3H3,(H,15,18)(H,16,20). The monoisotopic (exact) mass is 291 g/mol. The number of benzene rings is 1. The van der Waals surface area contributed by atoms with Gasteiger partial charge in [0.15, 0.2) is 4.77 Å². The van der Waals surface area contributed by atoms with E-state index in [9.17, 15) is 9.59 Å². The predicted octanol–water partition coefficient (Wildman–Crippen LogP) is 2.12. The summed E-state index contributed by atoms with van der Waals surface area (Å²) in [5.74, 6) is -0.152. The van der Waals surface area contributed by atoms with Gasteiger partial charge in [-0.25, -0.2) is 0 Å². The minimum Gasteiger partial charge on any atom is -0.350 e. The predicted molar refractivity (Wildman–Crippen MR) is 81.6 cm³/mol. The summed E-state index contributed by atoms with van der Waals surface area (Å²) in [6, 6.07) is 5.07. The summed E-state index contributed by atoms with van der Waals surface area (Å²) in [4.78, 5) is 27.0. The molecule has 2 rings (SSSR count). The largest absolute Gasteiger partial charge is 0.350 e. The van der Waals surface area contributed by atoms with Gasteiger partial charge in [-0.05, 0) is 43.8 Å². The first-order chi connectivity index (χ1) is 9.43. The van der Waals surface area contributed by atoms with Gasteiger partial charge in [-0.15, -0.1) is 0 Å². The first-order valence-corrected chi connectivity index (χ1v) is 6.88. The van der Waals surface area contributed by atoms with Gasteiger partial charge in [0.25, 0.3) is 11.5 Å². The normalized spacial score (nSPS) is 12.3. The number of hydrogen-bond donors (Lipinski definition) is 2. The Hall–Kier alpha value is -1.95. The van der Waals surface area contributed by atoms with Crippen molar-refractivity contribution >= 4 is 29.0 Å². The SMILES string of the molecule is CCC(C)NC(=O)c1ccc2c(=O)n(C)c(=S)[nH]c2c1. The zero-order chi connectivity index (χ0) is 14.9. The summed E-state index contributed by atoms with van der Waals surface area (Å²) in [5, 5.41) is 3.40. The average Bonchev–Trinajstić information content (AvgIpc) is 2.44. The number of amides is 1. The maximum atomic E-state index is 12.1. The van der Waals surface area contributed by atoms with Crippen LogP contribution in [-0.2, 0) is 7.05 Å². The number of carbonyl (C=O) groups excluding carboxylic acids is 1. The third-order valence-electron chi connectivity index (χ3n) is 3.35. The maximum Gasteiger partial charge on any atom is 0.261 e. The number of H-pyrrole nitrogens is 1. The van der Waals surface area contributed by atoms with E-state index in [0.29, 0.717) is 21.2 Å². The first kappa shape index (κ1) is 14.5. The molecule has 1 aromatic heterocycles. The zero-order valence-corrected chi connectivity index (χ0v) is 12.5. The second kappa shape index (κ2) is 5.58. The summed E-state index contributed by atoms with van der Waals surface area (Å²) in [6.07, 6.45) is 0.863. The molecule has 0 aliphatic rings. The van der Waals surface area contributed by atoms with Crippen molar-refractivity contribution in [1.82, 2.24) is 14.9 Å². The van der Waals surface area contributed by atoms with Crippen LogP contribution in [0.25, 0.3) is 10.9 Å². The van der Waals surface area contributed by atoms with Crippen LogP contribution in [0.1, 0.15) is 30.6 Å². The Morgan fingerprint density at radius 3 is 2.85 bits per heavy atom. The Bertz CT molecular complexity index is 776. The molecule has 2 aromatic rings. The molecule has 0 aliphatic heterocycles. The van der Waals surface area contributed by atoms with Gasteiger partial charge in [0.1, 0.15) is 0 Å². The molecular weight excluding hydrogens is 274 g/mol. The van der Waals surface area contributed by atoms with Crippen LogP contribution >= 0.6 is 12.2 Å². The van der Waals surface area contributed by atoms with Crippen molar-refractivity contribution in [2.24, 2.45) is 7.05 Å². The fourth-order valence-corrected chi connectivity index (χ4v) is 2.05. The summed E-state index contributed by atoms with van der Waals surface area (Å²) in [5.41, 5.74) is 0.921. The fourth-order valence-electron chi connectivity index (χ4n) is 1.86. The smallest absolute Gasteiger partial charge is 0.261 e. The van der Waals surface area contributed by atoms with E-state index >= 15 is 0 Å². The number of rotatable bonds is 3. The Morgan fingerprint density at radius 2 is 2.20 bits per heavy atom. The van der Waals surface area contributed by atoms with Crippen molar-refractivity contribution in [3.8, 4) is 0 Å². The van der Waals surface area contributed by atoms with E-state index < -0.39 is 0 Å². The van der Waals surface area contributed by atoms with Crippen molar-refractivity contribution in [3.63, 3.8) is 0 Å². The number of aromatic amines is 1. The lowest BCUT2D eigenvalue weighted by Crippen LogP contribution is -2.32. The van der Waals surface area contributed by atoms with E-state index in [1.165, 1.54) is 4.57 Å². The first-order valence-electron chi connectivity index (χ1n) is 6.48. The minimum atomic E-state index is -0.169. The molecule has 0 radical (unpaired) electrons. The second-order valence-corrected chi connectivity index (χ2v) is 5.22. The lowest BCUT2D eigenvalue weighted by atomic mass is 10.1. The molecule has 1 aromatic carbocycles. The minimum absolute atomic E-state index is 0.111. The fraction of sp³-hybridized carbons (Fsp3) is 0.357. The molecule has 6 heteroatoms. The number of fused-ring (bicyclic) bond motifs is 1. The third kappa shape index (κ3) is 2.65. The van der Waals surface area contributed by atoms with Gasteiger partial charge in [-0.3, -0.25) is 14.2 Å². The lowest BCUT2D eigenvalue weighted by Gasteiger charge is -2.11. The molecule has 1 atom stereocenters. The van der Waals surface area contributed by atoms with E-state index in [4.69, 9.17) is 12.2 Å². The summed E-state index contributed by atoms with van der Waals surface area (Å²) < 4.78 is 1.71. The molecule has 0 bridgehead atoms. The van der Waals surface area contributed by atoms with E-state index in [-0.39, 0.29) is 17.5 Å². The molecule has 1 unspecified atom stereocenters. The van der Waals surface area contributed by atoms with Gasteiger partial charge in [-0.1, -0.05) is 6.92 Å². The van der Waals surface area contributed by atoms with Crippen LogP contribution in [0, 0.1) is 4.77 Å². The number of nitrogens with one attached hydrogen (secondary N) is 2. The Kier molecular flexibility index (Phi) is 4.04. The number of hydrogen-bond acceptors (Lipinski definition) is 3. The molecule has 0 spiro atoms. The molecule has 1 amide bonds. The zero-order valence-electron chi connectivity index (χ0n) is 11.7. The maximum absolute atomic E-state index is 12.1. The van der Waals surface area contributed by atoms with Crippen molar-refractivity contribution in [1.29, 1.82) is 0 Å². The molecule has 106 valence electrons. The van der Waals surface area contributed by atoms with Gasteiger partial charge in [-0.2, -0.15) is 0 Å². The van der Waals surface area contributed by atoms with Crippen LogP contribution < -0.4 is 10.9 Å². The quantitative estimate of drug-likeness (QED) is 0.851. The van der Waals surface area contributed by atoms with Gasteiger partial charge in [0.2, 0.25) is 0 Å². The Morgan fingerprint density at radius 1 is 1.50 bits per heavy atom. The van der Waals surface area contributed by atoms with Gasteiger partial charge < -0.3 is 10.3 Å². The third-order valence-corrected chi connectivity index (χ3v) is 3.73. The van der Waals surface area contributed by atoms with E-state index in [2.05, 4.69) is 10.3 Å². The topological polar surface area (TPSA) is 66.9 Å². The van der Waals surface area contributed by atoms with E-state index in [1.807, 2.05) is 13.8 Å². The van der Waals surface area contributed by atoms with Crippen LogP contribution in [0.3, 0.4) is 0 Å². The van der Waals surface area contributed by atoms with Crippen LogP contribution in [0.2, 0.25) is 0 Å². The molecular formula is C14H17N3O2S. The molecule has 2 N–H and O–H groups in total. The van der Waals surface area contributed by atoms with Crippen LogP contribution in [0.15, 0.2) is 23.0 Å². The second-order valence-electron chi connectivity index (χ2n) is 4.84. The molecule has 0 aliphatic carbocycles. The van der Waals surface area contributed by atoms with Crippen LogP contribution in [0.5, 0.6) is 0 Å². The van der Waals surface area contributed by atoms with Crippen molar-refractivity contribution < 1.29 is 4.79 Å². The molecule has 20 heavy (non-hydrogen) atoms. The average molecular weight is 291 g/mol. The number of nitrogens with zero attached hydrogens (tertiary/aromatic N) is 1. The number of carbonyl (C=O) groups is 1. The van der Waals surface area contributed by atoms with E-state index in [1.54, 1.807) is 25.2 Å². The summed E-state index contributed by atoms with van der Waals surface area (Å²) >= 11 is 5.07. The van der Waals surface area contributed by atoms with Crippen molar-refractivity contribution in [2.45, 2.75) is 26.3 Å². The molecule has 1 heterocycles. The van der Waals surface area contributed by atoms with Gasteiger partial charge >= 0.3 is 0 Å². The van der Waals surface area contributed by atoms with Crippen LogP contribution in [0.4, 0.5) is 0 Å². The van der Waals surface area contributed by atoms with E-state index in [0.717, 1.165) is 6.42 Å². The van der Waals surface area contributed by atoms with Crippen LogP contribution in [-0.4, -0.2) is 21.5 Å². The van der Waals surface area contributed by atoms with Crippen molar-refractivity contribution in [2.75, 3.05) is 0 Å². The molecule has 0 fully saturated rings. The highest BCUT2D eigenvalue weighted by Gasteiger charge is 2.10. The molecule has 5 nitrogen and oxygen atoms in total. The summed E-state index contributed by atoms with van der Waals surface area (Å²) in [7, 11) is 1.62. The van der Waals surface area contributed by atoms with Gasteiger partial charge in [0.05, 0.1) is 10.9 Å². The lowest BCUT2D eigenvalue weighted by molar-refractivity contribution is 0.0939. The molecule has 0 saturated heterocycles. The highest BCUT2D eigenvalue weighted by molar-refractivity contribution is 7.71. The Labute approximate surface area is 121 Å². The Balaban J connectivity index is 2.50. The highest BCUT2D eigenvalue weighted by atomic mass is 32.1. The highest BCUT2D eigenvalue weighted by Crippen LogP contribution is 2.11. The van der Waals surface area contributed by atoms with Gasteiger partial charge in [0, 0.05) is 18.7 Å². The van der Waals surface area contributed by atoms with Crippen molar-refractivity contribution in [3.05, 3.63) is 38.9 Å². The number of aromatic nitrogens is 2. The molecule has 0 saturated carbocycles. The summed E-state index contributed by atoms with van der Waals surface area (Å²) in [6.45, 7) is 3.95.